The highest BCUT2D eigenvalue weighted by atomic mass is 32.2. The molecule has 0 atom stereocenters. The molecule has 1 aliphatic rings. The van der Waals surface area contributed by atoms with Gasteiger partial charge in [0, 0.05) is 0 Å². The quantitative estimate of drug-likeness (QED) is 0.650. The first-order valence-electron chi connectivity index (χ1n) is 4.76. The molecule has 1 saturated carbocycles. The fraction of sp³-hybridized carbons (Fsp3) is 1.00. The Balaban J connectivity index is 2.66. The average molecular weight is 206 g/mol. The maximum Gasteiger partial charge on any atom is 0.270 e. The summed E-state index contributed by atoms with van der Waals surface area (Å²) in [4.78, 5) is 0. The van der Waals surface area contributed by atoms with Crippen LogP contribution in [-0.4, -0.2) is 19.3 Å². The maximum absolute atomic E-state index is 11.6. The highest BCUT2D eigenvalue weighted by Crippen LogP contribution is 2.28. The van der Waals surface area contributed by atoms with Crippen molar-refractivity contribution in [2.75, 3.05) is 0 Å². The summed E-state index contributed by atoms with van der Waals surface area (Å²) in [6.07, 6.45) is 3.55. The molecule has 1 fully saturated rings. The lowest BCUT2D eigenvalue weighted by Gasteiger charge is -2.21. The summed E-state index contributed by atoms with van der Waals surface area (Å²) in [5.41, 5.74) is -0.596. The van der Waals surface area contributed by atoms with Crippen LogP contribution in [0.1, 0.15) is 46.5 Å². The van der Waals surface area contributed by atoms with E-state index in [-0.39, 0.29) is 5.25 Å². The van der Waals surface area contributed by atoms with E-state index in [4.69, 9.17) is 4.18 Å². The van der Waals surface area contributed by atoms with Gasteiger partial charge in [-0.3, -0.25) is 4.18 Å². The molecule has 0 aliphatic heterocycles. The predicted molar refractivity (Wildman–Crippen MR) is 52.0 cm³/mol. The molecule has 0 spiro atoms. The van der Waals surface area contributed by atoms with Crippen molar-refractivity contribution in [2.45, 2.75) is 57.3 Å². The van der Waals surface area contributed by atoms with Gasteiger partial charge in [0.25, 0.3) is 10.1 Å². The largest absolute Gasteiger partial charge is 0.270 e. The topological polar surface area (TPSA) is 43.4 Å². The molecule has 0 unspecified atom stereocenters. The summed E-state index contributed by atoms with van der Waals surface area (Å²) in [5, 5.41) is -0.258. The highest BCUT2D eigenvalue weighted by Gasteiger charge is 2.33. The Morgan fingerprint density at radius 2 is 1.62 bits per heavy atom. The summed E-state index contributed by atoms with van der Waals surface area (Å²) in [5.74, 6) is 0. The van der Waals surface area contributed by atoms with E-state index in [0.29, 0.717) is 0 Å². The molecule has 0 radical (unpaired) electrons. The molecule has 78 valence electrons. The molecule has 0 amide bonds. The first-order valence-corrected chi connectivity index (χ1v) is 6.23. The molecular weight excluding hydrogens is 188 g/mol. The van der Waals surface area contributed by atoms with E-state index >= 15 is 0 Å². The van der Waals surface area contributed by atoms with Crippen molar-refractivity contribution in [3.63, 3.8) is 0 Å². The third-order valence-corrected chi connectivity index (χ3v) is 4.10. The van der Waals surface area contributed by atoms with Gasteiger partial charge in [0.2, 0.25) is 0 Å². The van der Waals surface area contributed by atoms with Crippen LogP contribution in [0.15, 0.2) is 0 Å². The van der Waals surface area contributed by atoms with Crippen molar-refractivity contribution in [2.24, 2.45) is 0 Å². The Hall–Kier alpha value is -0.0900. The fourth-order valence-electron chi connectivity index (χ4n) is 1.59. The van der Waals surface area contributed by atoms with Crippen molar-refractivity contribution in [3.05, 3.63) is 0 Å². The minimum Gasteiger partial charge on any atom is -0.264 e. The van der Waals surface area contributed by atoms with E-state index < -0.39 is 15.7 Å². The van der Waals surface area contributed by atoms with Gasteiger partial charge in [-0.05, 0) is 33.6 Å². The van der Waals surface area contributed by atoms with Crippen LogP contribution < -0.4 is 0 Å². The summed E-state index contributed by atoms with van der Waals surface area (Å²) in [6.45, 7) is 5.29. The first-order chi connectivity index (χ1) is 5.81. The van der Waals surface area contributed by atoms with Gasteiger partial charge in [-0.2, -0.15) is 8.42 Å². The summed E-state index contributed by atoms with van der Waals surface area (Å²) in [6, 6.07) is 0. The van der Waals surface area contributed by atoms with Gasteiger partial charge in [0.1, 0.15) is 0 Å². The molecule has 1 rings (SSSR count). The Kier molecular flexibility index (Phi) is 3.02. The minimum atomic E-state index is -3.32. The lowest BCUT2D eigenvalue weighted by Crippen LogP contribution is -2.30. The lowest BCUT2D eigenvalue weighted by molar-refractivity contribution is 0.137. The Labute approximate surface area is 80.6 Å². The molecule has 0 saturated heterocycles. The summed E-state index contributed by atoms with van der Waals surface area (Å²) >= 11 is 0. The maximum atomic E-state index is 11.6. The van der Waals surface area contributed by atoms with Crippen molar-refractivity contribution < 1.29 is 12.6 Å². The van der Waals surface area contributed by atoms with Crippen molar-refractivity contribution in [3.8, 4) is 0 Å². The molecule has 1 aliphatic carbocycles. The monoisotopic (exact) mass is 206 g/mol. The zero-order valence-corrected chi connectivity index (χ0v) is 9.36. The van der Waals surface area contributed by atoms with Crippen molar-refractivity contribution >= 4 is 10.1 Å². The van der Waals surface area contributed by atoms with E-state index in [1.165, 1.54) is 0 Å². The van der Waals surface area contributed by atoms with E-state index in [1.807, 2.05) is 0 Å². The number of rotatable bonds is 2. The Bertz CT molecular complexity index is 255. The van der Waals surface area contributed by atoms with E-state index in [1.54, 1.807) is 20.8 Å². The van der Waals surface area contributed by atoms with Crippen LogP contribution in [-0.2, 0) is 14.3 Å². The van der Waals surface area contributed by atoms with Crippen LogP contribution in [0.3, 0.4) is 0 Å². The highest BCUT2D eigenvalue weighted by molar-refractivity contribution is 7.87. The normalized spacial score (nSPS) is 20.8. The van der Waals surface area contributed by atoms with Crippen LogP contribution in [0, 0.1) is 0 Å². The van der Waals surface area contributed by atoms with Gasteiger partial charge in [-0.1, -0.05) is 12.8 Å². The summed E-state index contributed by atoms with van der Waals surface area (Å²) in [7, 11) is -3.32. The summed E-state index contributed by atoms with van der Waals surface area (Å²) < 4.78 is 28.3. The second-order valence-corrected chi connectivity index (χ2v) is 6.41. The van der Waals surface area contributed by atoms with Crippen LogP contribution in [0.25, 0.3) is 0 Å². The molecule has 0 aromatic heterocycles. The second-order valence-electron chi connectivity index (χ2n) is 4.59. The average Bonchev–Trinajstić information content (AvgIpc) is 2.29. The van der Waals surface area contributed by atoms with Crippen LogP contribution in [0.2, 0.25) is 0 Å². The molecular formula is C9H18O3S. The van der Waals surface area contributed by atoms with Crippen LogP contribution in [0.4, 0.5) is 0 Å². The second kappa shape index (κ2) is 3.58. The van der Waals surface area contributed by atoms with Crippen molar-refractivity contribution in [1.29, 1.82) is 0 Å². The van der Waals surface area contributed by atoms with Crippen LogP contribution >= 0.6 is 0 Å². The molecule has 0 N–H and O–H groups in total. The number of hydrogen-bond acceptors (Lipinski definition) is 3. The van der Waals surface area contributed by atoms with E-state index in [9.17, 15) is 8.42 Å². The van der Waals surface area contributed by atoms with Gasteiger partial charge in [0.05, 0.1) is 10.9 Å². The Morgan fingerprint density at radius 1 is 1.15 bits per heavy atom. The van der Waals surface area contributed by atoms with E-state index in [0.717, 1.165) is 25.7 Å². The molecule has 4 heteroatoms. The SMILES string of the molecule is CC(C)(C)OS(=O)(=O)C1CCCC1. The van der Waals surface area contributed by atoms with Gasteiger partial charge in [-0.15, -0.1) is 0 Å². The molecule has 0 heterocycles. The molecule has 13 heavy (non-hydrogen) atoms. The zero-order chi connectivity index (χ0) is 10.1. The van der Waals surface area contributed by atoms with Gasteiger partial charge < -0.3 is 0 Å². The standard InChI is InChI=1S/C9H18O3S/c1-9(2,3)12-13(10,11)8-6-4-5-7-8/h8H,4-7H2,1-3H3. The van der Waals surface area contributed by atoms with Gasteiger partial charge in [-0.25, -0.2) is 0 Å². The van der Waals surface area contributed by atoms with Crippen molar-refractivity contribution in [1.82, 2.24) is 0 Å². The van der Waals surface area contributed by atoms with Crippen LogP contribution in [0.5, 0.6) is 0 Å². The molecule has 0 aromatic rings. The first kappa shape index (κ1) is 11.0. The minimum absolute atomic E-state index is 0.258. The molecule has 0 aromatic carbocycles. The third-order valence-electron chi connectivity index (χ3n) is 2.08. The molecule has 0 bridgehead atoms. The fourth-order valence-corrected chi connectivity index (χ4v) is 3.34. The zero-order valence-electron chi connectivity index (χ0n) is 8.54. The molecule has 3 nitrogen and oxygen atoms in total. The number of hydrogen-bond donors (Lipinski definition) is 0. The lowest BCUT2D eigenvalue weighted by atomic mass is 10.2. The predicted octanol–water partition coefficient (Wildman–Crippen LogP) is 2.07. The van der Waals surface area contributed by atoms with E-state index in [2.05, 4.69) is 0 Å². The Morgan fingerprint density at radius 3 is 2.00 bits per heavy atom. The third kappa shape index (κ3) is 3.27. The van der Waals surface area contributed by atoms with Gasteiger partial charge in [0.15, 0.2) is 0 Å². The smallest absolute Gasteiger partial charge is 0.264 e. The van der Waals surface area contributed by atoms with Gasteiger partial charge >= 0.3 is 0 Å².